The van der Waals surface area contributed by atoms with Gasteiger partial charge in [0, 0.05) is 33.3 Å². The number of nitrogens with two attached hydrogens (primary N) is 2. The molecule has 4 heterocycles. The van der Waals surface area contributed by atoms with Crippen molar-refractivity contribution in [2.45, 2.75) is 27.7 Å². The van der Waals surface area contributed by atoms with Crippen LogP contribution in [0.1, 0.15) is 53.0 Å². The maximum absolute atomic E-state index is 13.3. The Labute approximate surface area is 239 Å². The van der Waals surface area contributed by atoms with E-state index in [0.717, 1.165) is 54.1 Å². The predicted octanol–water partition coefficient (Wildman–Crippen LogP) is 7.43. The summed E-state index contributed by atoms with van der Waals surface area (Å²) in [5.41, 5.74) is 20.6. The van der Waals surface area contributed by atoms with Gasteiger partial charge in [0.15, 0.2) is 0 Å². The van der Waals surface area contributed by atoms with Crippen molar-refractivity contribution in [2.24, 2.45) is 0 Å². The third-order valence-electron chi connectivity index (χ3n) is 7.09. The molecule has 198 valence electrons. The highest BCUT2D eigenvalue weighted by Gasteiger charge is 2.22. The SMILES string of the molecule is Cc1cc(C)c2c(N)c(C(=O)c3ccc(-c4ccc(C(=O)c5sc6nc(C)cc(C)c6c5N)cc4)cc3)sc2n1. The zero-order chi connectivity index (χ0) is 28.3. The van der Waals surface area contributed by atoms with E-state index < -0.39 is 0 Å². The number of hydrogen-bond acceptors (Lipinski definition) is 8. The van der Waals surface area contributed by atoms with Crippen molar-refractivity contribution in [1.29, 1.82) is 0 Å². The number of aryl methyl sites for hydroxylation is 4. The van der Waals surface area contributed by atoms with E-state index in [2.05, 4.69) is 9.97 Å². The van der Waals surface area contributed by atoms with Crippen molar-refractivity contribution in [3.63, 3.8) is 0 Å². The molecule has 0 unspecified atom stereocenters. The molecule has 6 rings (SSSR count). The topological polar surface area (TPSA) is 112 Å². The standard InChI is InChI=1S/C32H26N4O2S2/c1-15-13-17(3)35-31-23(15)25(33)29(39-31)27(37)21-9-5-19(6-10-21)20-7-11-22(12-8-20)28(38)30-26(34)24-16(2)14-18(4)36-32(24)40-30/h5-14H,33-34H2,1-4H3. The second-order valence-electron chi connectivity index (χ2n) is 10.0. The zero-order valence-electron chi connectivity index (χ0n) is 22.5. The second-order valence-corrected chi connectivity index (χ2v) is 12.0. The van der Waals surface area contributed by atoms with E-state index in [4.69, 9.17) is 11.5 Å². The first-order valence-electron chi connectivity index (χ1n) is 12.7. The molecule has 0 saturated heterocycles. The Balaban J connectivity index is 1.25. The summed E-state index contributed by atoms with van der Waals surface area (Å²) in [6.45, 7) is 7.84. The van der Waals surface area contributed by atoms with Crippen LogP contribution in [-0.4, -0.2) is 21.5 Å². The molecule has 0 aliphatic heterocycles. The number of carbonyl (C=O) groups excluding carboxylic acids is 2. The van der Waals surface area contributed by atoms with Gasteiger partial charge in [0.05, 0.1) is 11.4 Å². The van der Waals surface area contributed by atoms with Crippen LogP contribution in [0.2, 0.25) is 0 Å². The van der Waals surface area contributed by atoms with Gasteiger partial charge in [0.2, 0.25) is 11.6 Å². The number of thiophene rings is 2. The van der Waals surface area contributed by atoms with Crippen LogP contribution in [0.4, 0.5) is 11.4 Å². The van der Waals surface area contributed by atoms with E-state index >= 15 is 0 Å². The average Bonchev–Trinajstić information content (AvgIpc) is 3.44. The number of ketones is 2. The Morgan fingerprint density at radius 2 is 0.950 bits per heavy atom. The van der Waals surface area contributed by atoms with E-state index in [-0.39, 0.29) is 11.6 Å². The molecule has 0 fully saturated rings. The Morgan fingerprint density at radius 1 is 0.600 bits per heavy atom. The van der Waals surface area contributed by atoms with E-state index in [1.54, 1.807) is 24.3 Å². The molecule has 0 spiro atoms. The highest BCUT2D eigenvalue weighted by atomic mass is 32.1. The number of nitrogens with zero attached hydrogens (tertiary/aromatic N) is 2. The summed E-state index contributed by atoms with van der Waals surface area (Å²) in [7, 11) is 0. The lowest BCUT2D eigenvalue weighted by molar-refractivity contribution is 0.103. The van der Waals surface area contributed by atoms with Gasteiger partial charge in [-0.3, -0.25) is 9.59 Å². The van der Waals surface area contributed by atoms with Gasteiger partial charge in [-0.25, -0.2) is 9.97 Å². The van der Waals surface area contributed by atoms with Crippen LogP contribution in [0.15, 0.2) is 60.7 Å². The van der Waals surface area contributed by atoms with E-state index in [0.29, 0.717) is 32.3 Å². The van der Waals surface area contributed by atoms with Gasteiger partial charge < -0.3 is 11.5 Å². The highest BCUT2D eigenvalue weighted by Crippen LogP contribution is 2.38. The van der Waals surface area contributed by atoms with Crippen molar-refractivity contribution < 1.29 is 9.59 Å². The molecular formula is C32H26N4O2S2. The van der Waals surface area contributed by atoms with Crippen LogP contribution in [0.25, 0.3) is 31.6 Å². The first kappa shape index (κ1) is 25.9. The number of benzene rings is 2. The van der Waals surface area contributed by atoms with Gasteiger partial charge in [-0.05, 0) is 62.1 Å². The molecule has 8 heteroatoms. The summed E-state index contributed by atoms with van der Waals surface area (Å²) in [6, 6.07) is 18.8. The Morgan fingerprint density at radius 3 is 1.30 bits per heavy atom. The van der Waals surface area contributed by atoms with Crippen molar-refractivity contribution in [3.05, 3.63) is 104 Å². The Hall–Kier alpha value is -4.40. The van der Waals surface area contributed by atoms with Crippen LogP contribution in [0.5, 0.6) is 0 Å². The maximum Gasteiger partial charge on any atom is 0.205 e. The maximum atomic E-state index is 13.3. The summed E-state index contributed by atoms with van der Waals surface area (Å²) < 4.78 is 0. The quantitative estimate of drug-likeness (QED) is 0.211. The first-order chi connectivity index (χ1) is 19.1. The second kappa shape index (κ2) is 9.66. The number of nitrogen functional groups attached to an aromatic ring is 2. The minimum atomic E-state index is -0.120. The van der Waals surface area contributed by atoms with Crippen LogP contribution in [0.3, 0.4) is 0 Å². The number of fused-ring (bicyclic) bond motifs is 2. The smallest absolute Gasteiger partial charge is 0.205 e. The Kier molecular flexibility index (Phi) is 6.24. The molecule has 0 aliphatic rings. The summed E-state index contributed by atoms with van der Waals surface area (Å²) in [4.78, 5) is 38.3. The molecule has 4 aromatic heterocycles. The number of anilines is 2. The van der Waals surface area contributed by atoms with Gasteiger partial charge in [0.25, 0.3) is 0 Å². The van der Waals surface area contributed by atoms with E-state index in [9.17, 15) is 9.59 Å². The molecule has 0 radical (unpaired) electrons. The van der Waals surface area contributed by atoms with Crippen LogP contribution < -0.4 is 11.5 Å². The number of carbonyl (C=O) groups is 2. The molecular weight excluding hydrogens is 537 g/mol. The highest BCUT2D eigenvalue weighted by molar-refractivity contribution is 7.21. The normalized spacial score (nSPS) is 11.4. The molecule has 6 aromatic rings. The lowest BCUT2D eigenvalue weighted by Crippen LogP contribution is -2.02. The fourth-order valence-electron chi connectivity index (χ4n) is 5.17. The fraction of sp³-hybridized carbons (Fsp3) is 0.125. The summed E-state index contributed by atoms with van der Waals surface area (Å²) >= 11 is 2.66. The fourth-order valence-corrected chi connectivity index (χ4v) is 7.52. The first-order valence-corrected chi connectivity index (χ1v) is 14.4. The van der Waals surface area contributed by atoms with Gasteiger partial charge in [-0.15, -0.1) is 22.7 Å². The molecule has 4 N–H and O–H groups in total. The van der Waals surface area contributed by atoms with E-state index in [1.807, 2.05) is 64.1 Å². The molecule has 0 amide bonds. The summed E-state index contributed by atoms with van der Waals surface area (Å²) in [5.74, 6) is -0.239. The van der Waals surface area contributed by atoms with Crippen molar-refractivity contribution in [3.8, 4) is 11.1 Å². The lowest BCUT2D eigenvalue weighted by atomic mass is 9.99. The Bertz CT molecular complexity index is 1840. The van der Waals surface area contributed by atoms with Gasteiger partial charge in [0.1, 0.15) is 19.4 Å². The zero-order valence-corrected chi connectivity index (χ0v) is 24.1. The predicted molar refractivity (Wildman–Crippen MR) is 166 cm³/mol. The molecule has 0 aliphatic carbocycles. The van der Waals surface area contributed by atoms with Gasteiger partial charge >= 0.3 is 0 Å². The number of rotatable bonds is 5. The third-order valence-corrected chi connectivity index (χ3v) is 9.28. The van der Waals surface area contributed by atoms with Gasteiger partial charge in [-0.2, -0.15) is 0 Å². The molecule has 0 saturated carbocycles. The molecule has 0 atom stereocenters. The monoisotopic (exact) mass is 562 g/mol. The van der Waals surface area contributed by atoms with Crippen molar-refractivity contribution >= 4 is 66.0 Å². The number of aromatic nitrogens is 2. The molecule has 6 nitrogen and oxygen atoms in total. The summed E-state index contributed by atoms with van der Waals surface area (Å²) in [6.07, 6.45) is 0. The number of pyridine rings is 2. The molecule has 0 bridgehead atoms. The third kappa shape index (κ3) is 4.26. The van der Waals surface area contributed by atoms with Gasteiger partial charge in [-0.1, -0.05) is 48.5 Å². The molecule has 40 heavy (non-hydrogen) atoms. The summed E-state index contributed by atoms with van der Waals surface area (Å²) in [5, 5.41) is 1.70. The van der Waals surface area contributed by atoms with Crippen LogP contribution in [0, 0.1) is 27.7 Å². The van der Waals surface area contributed by atoms with E-state index in [1.165, 1.54) is 22.7 Å². The van der Waals surface area contributed by atoms with Crippen LogP contribution >= 0.6 is 22.7 Å². The average molecular weight is 563 g/mol. The lowest BCUT2D eigenvalue weighted by Gasteiger charge is -2.06. The minimum Gasteiger partial charge on any atom is -0.397 e. The van der Waals surface area contributed by atoms with Crippen LogP contribution in [-0.2, 0) is 0 Å². The minimum absolute atomic E-state index is 0.120. The molecule has 2 aromatic carbocycles. The van der Waals surface area contributed by atoms with Crippen molar-refractivity contribution in [1.82, 2.24) is 9.97 Å². The largest absolute Gasteiger partial charge is 0.397 e. The van der Waals surface area contributed by atoms with Crippen molar-refractivity contribution in [2.75, 3.05) is 11.5 Å². The number of hydrogen-bond donors (Lipinski definition) is 2.